The largest absolute Gasteiger partial charge is 0.489 e. The average Bonchev–Trinajstić information content (AvgIpc) is 2.29. The Kier molecular flexibility index (Phi) is 6.13. The first-order valence-corrected chi connectivity index (χ1v) is 6.89. The summed E-state index contributed by atoms with van der Waals surface area (Å²) in [5.41, 5.74) is 2.04. The van der Waals surface area contributed by atoms with Crippen molar-refractivity contribution < 1.29 is 4.74 Å². The summed E-state index contributed by atoms with van der Waals surface area (Å²) in [7, 11) is 0. The molecule has 1 atom stereocenters. The molecule has 1 rings (SSSR count). The Labute approximate surface area is 111 Å². The number of aromatic nitrogens is 1. The van der Waals surface area contributed by atoms with Crippen molar-refractivity contribution in [3.05, 3.63) is 23.5 Å². The van der Waals surface area contributed by atoms with E-state index in [1.54, 1.807) is 0 Å². The van der Waals surface area contributed by atoms with Gasteiger partial charge in [0.2, 0.25) is 0 Å². The molecule has 1 unspecified atom stereocenters. The topological polar surface area (TPSA) is 34.1 Å². The van der Waals surface area contributed by atoms with E-state index >= 15 is 0 Å². The highest BCUT2D eigenvalue weighted by Gasteiger charge is 2.10. The molecule has 0 saturated heterocycles. The van der Waals surface area contributed by atoms with Gasteiger partial charge >= 0.3 is 0 Å². The van der Waals surface area contributed by atoms with E-state index in [-0.39, 0.29) is 6.10 Å². The summed E-state index contributed by atoms with van der Waals surface area (Å²) in [5, 5.41) is 3.39. The fourth-order valence-corrected chi connectivity index (χ4v) is 1.81. The van der Waals surface area contributed by atoms with Crippen LogP contribution in [-0.4, -0.2) is 17.1 Å². The molecule has 0 saturated carbocycles. The highest BCUT2D eigenvalue weighted by Crippen LogP contribution is 2.19. The third-order valence-corrected chi connectivity index (χ3v) is 2.77. The Balaban J connectivity index is 2.75. The lowest BCUT2D eigenvalue weighted by Crippen LogP contribution is -2.23. The summed E-state index contributed by atoms with van der Waals surface area (Å²) in [6, 6.07) is 4.49. The number of ether oxygens (including phenoxy) is 1. The summed E-state index contributed by atoms with van der Waals surface area (Å²) in [6.07, 6.45) is 2.46. The van der Waals surface area contributed by atoms with E-state index in [1.807, 2.05) is 19.1 Å². The number of hydrogen-bond acceptors (Lipinski definition) is 3. The van der Waals surface area contributed by atoms with Crippen LogP contribution in [0.4, 0.5) is 0 Å². The van der Waals surface area contributed by atoms with Gasteiger partial charge in [0.15, 0.2) is 0 Å². The molecule has 0 radical (unpaired) electrons. The summed E-state index contributed by atoms with van der Waals surface area (Å²) < 4.78 is 5.97. The zero-order valence-electron chi connectivity index (χ0n) is 12.3. The van der Waals surface area contributed by atoms with Crippen molar-refractivity contribution in [1.29, 1.82) is 0 Å². The van der Waals surface area contributed by atoms with Crippen LogP contribution in [-0.2, 0) is 6.54 Å². The molecule has 0 aromatic carbocycles. The van der Waals surface area contributed by atoms with Crippen LogP contribution in [0, 0.1) is 6.92 Å². The highest BCUT2D eigenvalue weighted by atomic mass is 16.5. The van der Waals surface area contributed by atoms with Gasteiger partial charge in [-0.2, -0.15) is 0 Å². The minimum Gasteiger partial charge on any atom is -0.489 e. The molecule has 0 aliphatic heterocycles. The van der Waals surface area contributed by atoms with Crippen molar-refractivity contribution >= 4 is 0 Å². The molecule has 0 amide bonds. The Morgan fingerprint density at radius 3 is 2.61 bits per heavy atom. The van der Waals surface area contributed by atoms with Gasteiger partial charge in [0.25, 0.3) is 0 Å². The van der Waals surface area contributed by atoms with Gasteiger partial charge in [-0.25, -0.2) is 0 Å². The predicted octanol–water partition coefficient (Wildman–Crippen LogP) is 3.46. The lowest BCUT2D eigenvalue weighted by Gasteiger charge is -2.17. The van der Waals surface area contributed by atoms with Crippen molar-refractivity contribution in [2.45, 2.75) is 66.2 Å². The van der Waals surface area contributed by atoms with E-state index in [4.69, 9.17) is 4.74 Å². The number of rotatable bonds is 7. The van der Waals surface area contributed by atoms with E-state index in [2.05, 4.69) is 38.0 Å². The minimum atomic E-state index is 0.248. The quantitative estimate of drug-likeness (QED) is 0.804. The Bertz CT molecular complexity index is 364. The number of hydrogen-bond donors (Lipinski definition) is 1. The first kappa shape index (κ1) is 15.0. The van der Waals surface area contributed by atoms with Gasteiger partial charge in [-0.3, -0.25) is 4.98 Å². The summed E-state index contributed by atoms with van der Waals surface area (Å²) in [5.74, 6) is 0.912. The second-order valence-corrected chi connectivity index (χ2v) is 5.15. The van der Waals surface area contributed by atoms with E-state index in [1.165, 1.54) is 0 Å². The van der Waals surface area contributed by atoms with Crippen molar-refractivity contribution in [1.82, 2.24) is 10.3 Å². The number of nitrogens with zero attached hydrogens (tertiary/aromatic N) is 1. The molecule has 1 heterocycles. The van der Waals surface area contributed by atoms with Gasteiger partial charge in [0.1, 0.15) is 5.75 Å². The Hall–Kier alpha value is -1.09. The summed E-state index contributed by atoms with van der Waals surface area (Å²) in [6.45, 7) is 11.3. The molecule has 0 fully saturated rings. The summed E-state index contributed by atoms with van der Waals surface area (Å²) in [4.78, 5) is 4.57. The van der Waals surface area contributed by atoms with Crippen LogP contribution in [0.1, 0.15) is 51.9 Å². The normalized spacial score (nSPS) is 12.8. The average molecular weight is 250 g/mol. The van der Waals surface area contributed by atoms with Crippen molar-refractivity contribution in [2.75, 3.05) is 0 Å². The molecule has 18 heavy (non-hydrogen) atoms. The molecule has 3 nitrogen and oxygen atoms in total. The van der Waals surface area contributed by atoms with Gasteiger partial charge in [0, 0.05) is 18.3 Å². The predicted molar refractivity (Wildman–Crippen MR) is 75.9 cm³/mol. The van der Waals surface area contributed by atoms with E-state index in [9.17, 15) is 0 Å². The number of aryl methyl sites for hydroxylation is 1. The third kappa shape index (κ3) is 5.05. The maximum Gasteiger partial charge on any atom is 0.142 e. The lowest BCUT2D eigenvalue weighted by atomic mass is 10.2. The van der Waals surface area contributed by atoms with Crippen molar-refractivity contribution in [3.8, 4) is 5.75 Å². The van der Waals surface area contributed by atoms with Crippen LogP contribution in [0.15, 0.2) is 12.1 Å². The maximum atomic E-state index is 5.97. The zero-order valence-corrected chi connectivity index (χ0v) is 12.3. The fraction of sp³-hybridized carbons (Fsp3) is 0.667. The summed E-state index contributed by atoms with van der Waals surface area (Å²) >= 11 is 0. The second kappa shape index (κ2) is 7.37. The van der Waals surface area contributed by atoms with Crippen LogP contribution >= 0.6 is 0 Å². The SMILES string of the molecule is CCCC(C)Oc1ccc(C)nc1CNC(C)C. The molecule has 0 bridgehead atoms. The van der Waals surface area contributed by atoms with Crippen LogP contribution in [0.3, 0.4) is 0 Å². The van der Waals surface area contributed by atoms with Crippen molar-refractivity contribution in [2.24, 2.45) is 0 Å². The maximum absolute atomic E-state index is 5.97. The molecular weight excluding hydrogens is 224 g/mol. The number of pyridine rings is 1. The Morgan fingerprint density at radius 2 is 2.00 bits per heavy atom. The molecule has 0 aliphatic rings. The van der Waals surface area contributed by atoms with E-state index in [0.29, 0.717) is 6.04 Å². The molecule has 3 heteroatoms. The zero-order chi connectivity index (χ0) is 13.5. The van der Waals surface area contributed by atoms with E-state index in [0.717, 1.165) is 36.5 Å². The molecular formula is C15H26N2O. The molecule has 0 spiro atoms. The van der Waals surface area contributed by atoms with Gasteiger partial charge in [-0.1, -0.05) is 27.2 Å². The van der Waals surface area contributed by atoms with Crippen LogP contribution in [0.2, 0.25) is 0 Å². The fourth-order valence-electron chi connectivity index (χ4n) is 1.81. The second-order valence-electron chi connectivity index (χ2n) is 5.15. The van der Waals surface area contributed by atoms with Crippen LogP contribution in [0.5, 0.6) is 5.75 Å². The third-order valence-electron chi connectivity index (χ3n) is 2.77. The Morgan fingerprint density at radius 1 is 1.28 bits per heavy atom. The minimum absolute atomic E-state index is 0.248. The van der Waals surface area contributed by atoms with Gasteiger partial charge < -0.3 is 10.1 Å². The molecule has 1 aromatic rings. The smallest absolute Gasteiger partial charge is 0.142 e. The highest BCUT2D eigenvalue weighted by molar-refractivity contribution is 5.29. The van der Waals surface area contributed by atoms with Crippen molar-refractivity contribution in [3.63, 3.8) is 0 Å². The van der Waals surface area contributed by atoms with E-state index < -0.39 is 0 Å². The molecule has 1 N–H and O–H groups in total. The molecule has 102 valence electrons. The van der Waals surface area contributed by atoms with Crippen LogP contribution < -0.4 is 10.1 Å². The molecule has 1 aromatic heterocycles. The first-order valence-electron chi connectivity index (χ1n) is 6.89. The lowest BCUT2D eigenvalue weighted by molar-refractivity contribution is 0.206. The van der Waals surface area contributed by atoms with Gasteiger partial charge in [0.05, 0.1) is 11.8 Å². The standard InChI is InChI=1S/C15H26N2O/c1-6-7-13(5)18-15-9-8-12(4)17-14(15)10-16-11(2)3/h8-9,11,13,16H,6-7,10H2,1-5H3. The van der Waals surface area contributed by atoms with Gasteiger partial charge in [-0.15, -0.1) is 0 Å². The monoisotopic (exact) mass is 250 g/mol. The van der Waals surface area contributed by atoms with Crippen LogP contribution in [0.25, 0.3) is 0 Å². The van der Waals surface area contributed by atoms with Gasteiger partial charge in [-0.05, 0) is 32.4 Å². The molecule has 0 aliphatic carbocycles. The first-order chi connectivity index (χ1) is 8.52. The number of nitrogens with one attached hydrogen (secondary N) is 1.